The van der Waals surface area contributed by atoms with Crippen molar-refractivity contribution in [3.05, 3.63) is 136 Å². The van der Waals surface area contributed by atoms with E-state index in [1.807, 2.05) is 65.3 Å². The van der Waals surface area contributed by atoms with Gasteiger partial charge in [0.15, 0.2) is 6.20 Å². The molecule has 0 bridgehead atoms. The van der Waals surface area contributed by atoms with Gasteiger partial charge >= 0.3 is 0 Å². The van der Waals surface area contributed by atoms with Crippen molar-refractivity contribution in [1.29, 1.82) is 0 Å². The molecule has 0 N–H and O–H groups in total. The van der Waals surface area contributed by atoms with Gasteiger partial charge in [-0.25, -0.2) is 4.68 Å². The summed E-state index contributed by atoms with van der Waals surface area (Å²) in [6, 6.07) is 34.5. The third-order valence-corrected chi connectivity index (χ3v) is 5.98. The minimum absolute atomic E-state index is 0.504. The number of nitrogens with zero attached hydrogens (tertiary/aromatic N) is 3. The molecule has 0 aliphatic heterocycles. The van der Waals surface area contributed by atoms with Crippen LogP contribution in [0.25, 0.3) is 11.0 Å². The first-order valence-electron chi connectivity index (χ1n) is 9.66. The van der Waals surface area contributed by atoms with E-state index in [4.69, 9.17) is 5.10 Å². The van der Waals surface area contributed by atoms with Crippen LogP contribution in [-0.4, -0.2) is 9.78 Å². The first kappa shape index (κ1) is 18.6. The topological polar surface area (TPSA) is 44.8 Å². The molecule has 0 fully saturated rings. The number of halogens is 1. The van der Waals surface area contributed by atoms with Gasteiger partial charge in [0.2, 0.25) is 4.60 Å². The molecule has 0 aliphatic rings. The van der Waals surface area contributed by atoms with Crippen LogP contribution in [0.3, 0.4) is 0 Å². The molecule has 146 valence electrons. The second kappa shape index (κ2) is 7.43. The van der Waals surface area contributed by atoms with Crippen LogP contribution in [-0.2, 0) is 5.54 Å². The van der Waals surface area contributed by atoms with Gasteiger partial charge in [-0.15, -0.1) is 0 Å². The molecular formula is C25H18BrN3O. The van der Waals surface area contributed by atoms with E-state index in [0.29, 0.717) is 10.1 Å². The molecule has 4 nitrogen and oxygen atoms in total. The summed E-state index contributed by atoms with van der Waals surface area (Å²) in [5, 5.41) is 17.4. The number of pyridine rings is 1. The Bertz CT molecular complexity index is 1210. The Morgan fingerprint density at radius 3 is 1.63 bits per heavy atom. The zero-order chi connectivity index (χ0) is 20.6. The predicted octanol–water partition coefficient (Wildman–Crippen LogP) is 5.27. The molecule has 0 aliphatic carbocycles. The molecule has 0 amide bonds. The smallest absolute Gasteiger partial charge is 0.276 e. The fourth-order valence-corrected chi connectivity index (χ4v) is 4.73. The third kappa shape index (κ3) is 2.74. The summed E-state index contributed by atoms with van der Waals surface area (Å²) in [6.45, 7) is 0. The molecule has 30 heavy (non-hydrogen) atoms. The van der Waals surface area contributed by atoms with Crippen molar-refractivity contribution < 1.29 is 4.73 Å². The van der Waals surface area contributed by atoms with Gasteiger partial charge in [0.05, 0.1) is 0 Å². The Labute approximate surface area is 182 Å². The average Bonchev–Trinajstić information content (AvgIpc) is 3.15. The number of hydrogen-bond acceptors (Lipinski definition) is 2. The van der Waals surface area contributed by atoms with Crippen LogP contribution < -0.4 is 4.73 Å². The van der Waals surface area contributed by atoms with E-state index >= 15 is 0 Å². The lowest BCUT2D eigenvalue weighted by molar-refractivity contribution is -0.577. The van der Waals surface area contributed by atoms with E-state index in [1.165, 1.54) is 6.20 Å². The summed E-state index contributed by atoms with van der Waals surface area (Å²) in [5.41, 5.74) is 3.66. The molecule has 0 saturated heterocycles. The van der Waals surface area contributed by atoms with Gasteiger partial charge in [0.1, 0.15) is 11.1 Å². The molecule has 5 heteroatoms. The van der Waals surface area contributed by atoms with Gasteiger partial charge < -0.3 is 5.21 Å². The van der Waals surface area contributed by atoms with Gasteiger partial charge in [-0.2, -0.15) is 9.83 Å². The highest BCUT2D eigenvalue weighted by atomic mass is 79.9. The molecular weight excluding hydrogens is 438 g/mol. The van der Waals surface area contributed by atoms with E-state index < -0.39 is 5.54 Å². The number of hydrogen-bond donors (Lipinski definition) is 0. The summed E-state index contributed by atoms with van der Waals surface area (Å²) < 4.78 is 3.33. The summed E-state index contributed by atoms with van der Waals surface area (Å²) >= 11 is 3.53. The maximum atomic E-state index is 12.6. The first-order chi connectivity index (χ1) is 14.7. The number of aromatic nitrogens is 3. The van der Waals surface area contributed by atoms with Gasteiger partial charge in [-0.1, -0.05) is 91.0 Å². The van der Waals surface area contributed by atoms with Crippen molar-refractivity contribution in [3.63, 3.8) is 0 Å². The fraction of sp³-hybridized carbons (Fsp3) is 0.0400. The molecule has 0 unspecified atom stereocenters. The van der Waals surface area contributed by atoms with Crippen molar-refractivity contribution >= 4 is 27.0 Å². The van der Waals surface area contributed by atoms with Crippen LogP contribution >= 0.6 is 15.9 Å². The highest BCUT2D eigenvalue weighted by Gasteiger charge is 2.41. The van der Waals surface area contributed by atoms with Gasteiger partial charge in [0, 0.05) is 6.07 Å². The van der Waals surface area contributed by atoms with Crippen molar-refractivity contribution in [1.82, 2.24) is 9.78 Å². The molecule has 0 saturated carbocycles. The van der Waals surface area contributed by atoms with Crippen LogP contribution in [0.1, 0.15) is 16.7 Å². The minimum Gasteiger partial charge on any atom is -0.618 e. The van der Waals surface area contributed by atoms with Crippen LogP contribution in [0.5, 0.6) is 0 Å². The monoisotopic (exact) mass is 455 g/mol. The molecule has 0 radical (unpaired) electrons. The Morgan fingerprint density at radius 2 is 1.17 bits per heavy atom. The quantitative estimate of drug-likeness (QED) is 0.210. The molecule has 2 aromatic heterocycles. The average molecular weight is 456 g/mol. The molecule has 0 spiro atoms. The Kier molecular flexibility index (Phi) is 4.60. The van der Waals surface area contributed by atoms with Gasteiger partial charge in [-0.05, 0) is 38.7 Å². The number of benzene rings is 3. The fourth-order valence-electron chi connectivity index (χ4n) is 4.20. The van der Waals surface area contributed by atoms with Crippen molar-refractivity contribution in [3.8, 4) is 0 Å². The lowest BCUT2D eigenvalue weighted by Gasteiger charge is -2.36. The van der Waals surface area contributed by atoms with Crippen molar-refractivity contribution in [2.45, 2.75) is 5.54 Å². The van der Waals surface area contributed by atoms with Crippen LogP contribution in [0.2, 0.25) is 0 Å². The lowest BCUT2D eigenvalue weighted by atomic mass is 9.77. The number of rotatable bonds is 4. The molecule has 2 heterocycles. The predicted molar refractivity (Wildman–Crippen MR) is 121 cm³/mol. The minimum atomic E-state index is -0.762. The van der Waals surface area contributed by atoms with E-state index in [9.17, 15) is 5.21 Å². The standard InChI is InChI=1S/C25H18BrN3O/c26-24-23-22(17-10-18-28(23)30)29(27-24)25(19-11-4-1-5-12-19,20-13-6-2-7-14-20)21-15-8-3-9-16-21/h1-18H. The maximum Gasteiger partial charge on any atom is 0.276 e. The normalized spacial score (nSPS) is 11.6. The van der Waals surface area contributed by atoms with Crippen LogP contribution in [0.4, 0.5) is 0 Å². The zero-order valence-corrected chi connectivity index (χ0v) is 17.6. The second-order valence-electron chi connectivity index (χ2n) is 7.08. The zero-order valence-electron chi connectivity index (χ0n) is 16.0. The Morgan fingerprint density at radius 1 is 0.700 bits per heavy atom. The maximum absolute atomic E-state index is 12.6. The summed E-state index contributed by atoms with van der Waals surface area (Å²) in [6.07, 6.45) is 1.49. The van der Waals surface area contributed by atoms with Gasteiger partial charge in [-0.3, -0.25) is 0 Å². The molecule has 0 atom stereocenters. The highest BCUT2D eigenvalue weighted by molar-refractivity contribution is 9.10. The molecule has 3 aromatic carbocycles. The Balaban J connectivity index is 2.00. The third-order valence-electron chi connectivity index (χ3n) is 5.44. The van der Waals surface area contributed by atoms with E-state index in [-0.39, 0.29) is 0 Å². The second-order valence-corrected chi connectivity index (χ2v) is 7.83. The first-order valence-corrected chi connectivity index (χ1v) is 10.5. The number of fused-ring (bicyclic) bond motifs is 1. The van der Waals surface area contributed by atoms with E-state index in [2.05, 4.69) is 52.3 Å². The van der Waals surface area contributed by atoms with E-state index in [0.717, 1.165) is 26.9 Å². The van der Waals surface area contributed by atoms with Gasteiger partial charge in [0.25, 0.3) is 5.52 Å². The summed E-state index contributed by atoms with van der Waals surface area (Å²) in [7, 11) is 0. The van der Waals surface area contributed by atoms with Crippen molar-refractivity contribution in [2.75, 3.05) is 0 Å². The van der Waals surface area contributed by atoms with E-state index in [1.54, 1.807) is 6.07 Å². The molecule has 5 rings (SSSR count). The van der Waals surface area contributed by atoms with Crippen molar-refractivity contribution in [2.24, 2.45) is 0 Å². The SMILES string of the molecule is [O-][n+]1cccc2c1c(Br)nn2C(c1ccccc1)(c1ccccc1)c1ccccc1. The largest absolute Gasteiger partial charge is 0.618 e. The summed E-state index contributed by atoms with van der Waals surface area (Å²) in [4.78, 5) is 0. The highest BCUT2D eigenvalue weighted by Crippen LogP contribution is 2.42. The lowest BCUT2D eigenvalue weighted by Crippen LogP contribution is -2.38. The van der Waals surface area contributed by atoms with Crippen LogP contribution in [0.15, 0.2) is 114 Å². The molecule has 5 aromatic rings. The Hall–Kier alpha value is -3.44. The van der Waals surface area contributed by atoms with Crippen LogP contribution in [0, 0.1) is 5.21 Å². The summed E-state index contributed by atoms with van der Waals surface area (Å²) in [5.74, 6) is 0.